The lowest BCUT2D eigenvalue weighted by Gasteiger charge is -2.12. The summed E-state index contributed by atoms with van der Waals surface area (Å²) in [5, 5.41) is 0.643. The smallest absolute Gasteiger partial charge is 0.231 e. The van der Waals surface area contributed by atoms with Crippen LogP contribution in [-0.4, -0.2) is 12.6 Å². The van der Waals surface area contributed by atoms with Gasteiger partial charge in [0.25, 0.3) is 0 Å². The molecular formula is C16H15NO3S. The number of fused-ring (bicyclic) bond motifs is 2. The Morgan fingerprint density at radius 1 is 1.14 bits per heavy atom. The molecule has 0 unspecified atom stereocenters. The predicted molar refractivity (Wildman–Crippen MR) is 81.4 cm³/mol. The molecule has 108 valence electrons. The first kappa shape index (κ1) is 12.7. The van der Waals surface area contributed by atoms with Crippen LogP contribution in [0.15, 0.2) is 18.2 Å². The lowest BCUT2D eigenvalue weighted by Crippen LogP contribution is -2.09. The maximum Gasteiger partial charge on any atom is 0.231 e. The van der Waals surface area contributed by atoms with Crippen molar-refractivity contribution >= 4 is 22.1 Å². The molecule has 21 heavy (non-hydrogen) atoms. The first-order valence-electron chi connectivity index (χ1n) is 7.08. The van der Waals surface area contributed by atoms with E-state index in [-0.39, 0.29) is 12.6 Å². The monoisotopic (exact) mass is 301 g/mol. The molecule has 1 aliphatic carbocycles. The van der Waals surface area contributed by atoms with Crippen molar-refractivity contribution in [1.29, 1.82) is 0 Å². The Bertz CT molecular complexity index is 735. The van der Waals surface area contributed by atoms with E-state index in [9.17, 15) is 4.79 Å². The van der Waals surface area contributed by atoms with Crippen LogP contribution in [-0.2, 0) is 12.8 Å². The summed E-state index contributed by atoms with van der Waals surface area (Å²) in [5.41, 5.74) is 8.58. The third-order valence-electron chi connectivity index (χ3n) is 4.06. The number of carbonyl (C=O) groups is 1. The summed E-state index contributed by atoms with van der Waals surface area (Å²) in [4.78, 5) is 14.1. The SMILES string of the molecule is Nc1sc2c(c1C(=O)c1ccc3c(c1)OCO3)CCCC2. The largest absolute Gasteiger partial charge is 0.454 e. The molecule has 2 heterocycles. The first-order chi connectivity index (χ1) is 10.2. The molecule has 0 radical (unpaired) electrons. The van der Waals surface area contributed by atoms with Crippen molar-refractivity contribution in [3.63, 3.8) is 0 Å². The lowest BCUT2D eigenvalue weighted by molar-refractivity contribution is 0.103. The number of benzene rings is 1. The van der Waals surface area contributed by atoms with E-state index in [1.807, 2.05) is 0 Å². The van der Waals surface area contributed by atoms with Crippen LogP contribution in [0.5, 0.6) is 11.5 Å². The van der Waals surface area contributed by atoms with Gasteiger partial charge in [0, 0.05) is 10.4 Å². The fourth-order valence-electron chi connectivity index (χ4n) is 3.02. The van der Waals surface area contributed by atoms with Crippen LogP contribution in [0.25, 0.3) is 0 Å². The van der Waals surface area contributed by atoms with Crippen LogP contribution in [0, 0.1) is 0 Å². The average molecular weight is 301 g/mol. The van der Waals surface area contributed by atoms with Crippen LogP contribution in [0.4, 0.5) is 5.00 Å². The molecule has 0 saturated heterocycles. The van der Waals surface area contributed by atoms with Crippen molar-refractivity contribution in [3.8, 4) is 11.5 Å². The number of thiophene rings is 1. The number of anilines is 1. The number of ketones is 1. The molecule has 0 amide bonds. The van der Waals surface area contributed by atoms with E-state index < -0.39 is 0 Å². The van der Waals surface area contributed by atoms with E-state index in [0.29, 0.717) is 27.6 Å². The summed E-state index contributed by atoms with van der Waals surface area (Å²) in [6.45, 7) is 0.211. The summed E-state index contributed by atoms with van der Waals surface area (Å²) in [6, 6.07) is 5.31. The molecule has 0 bridgehead atoms. The highest BCUT2D eigenvalue weighted by Crippen LogP contribution is 2.39. The van der Waals surface area contributed by atoms with Gasteiger partial charge < -0.3 is 15.2 Å². The Morgan fingerprint density at radius 3 is 2.86 bits per heavy atom. The van der Waals surface area contributed by atoms with Gasteiger partial charge in [0.2, 0.25) is 6.79 Å². The second-order valence-corrected chi connectivity index (χ2v) is 6.48. The van der Waals surface area contributed by atoms with Gasteiger partial charge >= 0.3 is 0 Å². The van der Waals surface area contributed by atoms with Gasteiger partial charge in [-0.3, -0.25) is 4.79 Å². The number of nitrogen functional groups attached to an aromatic ring is 1. The van der Waals surface area contributed by atoms with E-state index in [1.54, 1.807) is 29.5 Å². The Morgan fingerprint density at radius 2 is 1.95 bits per heavy atom. The van der Waals surface area contributed by atoms with Crippen molar-refractivity contribution in [2.45, 2.75) is 25.7 Å². The highest BCUT2D eigenvalue weighted by molar-refractivity contribution is 7.16. The topological polar surface area (TPSA) is 61.6 Å². The number of nitrogens with two attached hydrogens (primary N) is 1. The summed E-state index contributed by atoms with van der Waals surface area (Å²) >= 11 is 1.57. The third-order valence-corrected chi connectivity index (χ3v) is 5.18. The first-order valence-corrected chi connectivity index (χ1v) is 7.90. The number of hydrogen-bond acceptors (Lipinski definition) is 5. The maximum atomic E-state index is 12.8. The fraction of sp³-hybridized carbons (Fsp3) is 0.312. The van der Waals surface area contributed by atoms with E-state index >= 15 is 0 Å². The van der Waals surface area contributed by atoms with Gasteiger partial charge in [0.1, 0.15) is 0 Å². The zero-order chi connectivity index (χ0) is 14.4. The maximum absolute atomic E-state index is 12.8. The Kier molecular flexibility index (Phi) is 2.89. The molecule has 0 spiro atoms. The number of ether oxygens (including phenoxy) is 2. The molecule has 5 heteroatoms. The zero-order valence-electron chi connectivity index (χ0n) is 11.5. The van der Waals surface area contributed by atoms with Crippen LogP contribution in [0.3, 0.4) is 0 Å². The minimum atomic E-state index is -0.00907. The Hall–Kier alpha value is -2.01. The Labute approximate surface area is 126 Å². The summed E-state index contributed by atoms with van der Waals surface area (Å²) in [7, 11) is 0. The quantitative estimate of drug-likeness (QED) is 0.865. The number of hydrogen-bond donors (Lipinski definition) is 1. The van der Waals surface area contributed by atoms with E-state index in [0.717, 1.165) is 24.8 Å². The lowest BCUT2D eigenvalue weighted by atomic mass is 9.92. The minimum Gasteiger partial charge on any atom is -0.454 e. The number of aryl methyl sites for hydroxylation is 1. The van der Waals surface area contributed by atoms with Crippen molar-refractivity contribution in [1.82, 2.24) is 0 Å². The molecule has 4 nitrogen and oxygen atoms in total. The molecule has 1 aliphatic heterocycles. The molecule has 2 aromatic rings. The molecule has 1 aromatic carbocycles. The second kappa shape index (κ2) is 4.77. The van der Waals surface area contributed by atoms with Crippen molar-refractivity contribution in [2.75, 3.05) is 12.5 Å². The predicted octanol–water partition coefficient (Wildman–Crippen LogP) is 3.17. The van der Waals surface area contributed by atoms with Gasteiger partial charge in [0.05, 0.1) is 10.6 Å². The number of carbonyl (C=O) groups excluding carboxylic acids is 1. The van der Waals surface area contributed by atoms with Gasteiger partial charge in [0.15, 0.2) is 17.3 Å². The zero-order valence-corrected chi connectivity index (χ0v) is 12.3. The molecule has 0 saturated carbocycles. The van der Waals surface area contributed by atoms with Gasteiger partial charge in [-0.25, -0.2) is 0 Å². The fourth-order valence-corrected chi connectivity index (χ4v) is 4.18. The van der Waals surface area contributed by atoms with Gasteiger partial charge in [-0.1, -0.05) is 0 Å². The molecule has 2 N–H and O–H groups in total. The molecule has 0 fully saturated rings. The van der Waals surface area contributed by atoms with Gasteiger partial charge in [-0.2, -0.15) is 0 Å². The van der Waals surface area contributed by atoms with Gasteiger partial charge in [-0.15, -0.1) is 11.3 Å². The van der Waals surface area contributed by atoms with E-state index in [1.165, 1.54) is 11.3 Å². The molecular weight excluding hydrogens is 286 g/mol. The van der Waals surface area contributed by atoms with Crippen molar-refractivity contribution < 1.29 is 14.3 Å². The summed E-state index contributed by atoms with van der Waals surface area (Å²) in [5.74, 6) is 1.31. The summed E-state index contributed by atoms with van der Waals surface area (Å²) in [6.07, 6.45) is 4.31. The van der Waals surface area contributed by atoms with Crippen LogP contribution in [0.1, 0.15) is 39.2 Å². The Balaban J connectivity index is 1.77. The van der Waals surface area contributed by atoms with Gasteiger partial charge in [-0.05, 0) is 49.4 Å². The van der Waals surface area contributed by atoms with Crippen molar-refractivity contribution in [3.05, 3.63) is 39.8 Å². The molecule has 4 rings (SSSR count). The van der Waals surface area contributed by atoms with Crippen LogP contribution in [0.2, 0.25) is 0 Å². The standard InChI is InChI=1S/C16H15NO3S/c17-16-14(10-3-1-2-4-13(10)21-16)15(18)9-5-6-11-12(7-9)20-8-19-11/h5-7H,1-4,8,17H2. The van der Waals surface area contributed by atoms with Crippen LogP contribution >= 0.6 is 11.3 Å². The molecule has 2 aliphatic rings. The average Bonchev–Trinajstić information content (AvgIpc) is 3.08. The van der Waals surface area contributed by atoms with E-state index in [2.05, 4.69) is 0 Å². The minimum absolute atomic E-state index is 0.00907. The van der Waals surface area contributed by atoms with Crippen LogP contribution < -0.4 is 15.2 Å². The second-order valence-electron chi connectivity index (χ2n) is 5.35. The third kappa shape index (κ3) is 2.00. The normalized spacial score (nSPS) is 15.8. The highest BCUT2D eigenvalue weighted by atomic mass is 32.1. The van der Waals surface area contributed by atoms with Crippen molar-refractivity contribution in [2.24, 2.45) is 0 Å². The van der Waals surface area contributed by atoms with E-state index in [4.69, 9.17) is 15.2 Å². The number of rotatable bonds is 2. The molecule has 1 aromatic heterocycles. The molecule has 0 atom stereocenters. The highest BCUT2D eigenvalue weighted by Gasteiger charge is 2.26. The summed E-state index contributed by atoms with van der Waals surface area (Å²) < 4.78 is 10.6.